The summed E-state index contributed by atoms with van der Waals surface area (Å²) in [5.41, 5.74) is 6.94. The molecule has 0 nitrogen and oxygen atoms in total. The zero-order chi connectivity index (χ0) is 29.8. The second-order valence-corrected chi connectivity index (χ2v) is 14.4. The molecule has 0 saturated carbocycles. The Hall–Kier alpha value is -2.08. The van der Waals surface area contributed by atoms with Gasteiger partial charge in [0.05, 0.1) is 0 Å². The third-order valence-electron chi connectivity index (χ3n) is 9.10. The van der Waals surface area contributed by atoms with Crippen molar-refractivity contribution < 1.29 is 0 Å². The lowest BCUT2D eigenvalue weighted by atomic mass is 9.72. The Balaban J connectivity index is 1.73. The van der Waals surface area contributed by atoms with Crippen LogP contribution in [0.2, 0.25) is 0 Å². The van der Waals surface area contributed by atoms with Gasteiger partial charge in [0.15, 0.2) is 0 Å². The third-order valence-corrected chi connectivity index (χ3v) is 9.10. The lowest BCUT2D eigenvalue weighted by Crippen LogP contribution is -2.19. The van der Waals surface area contributed by atoms with E-state index in [4.69, 9.17) is 0 Å². The van der Waals surface area contributed by atoms with Crippen LogP contribution in [0.25, 0.3) is 0 Å². The van der Waals surface area contributed by atoms with Crippen molar-refractivity contribution in [3.05, 3.63) is 95.2 Å². The molecule has 2 rings (SSSR count). The van der Waals surface area contributed by atoms with Gasteiger partial charge in [0.2, 0.25) is 0 Å². The first-order valence-corrected chi connectivity index (χ1v) is 16.3. The molecule has 0 radical (unpaired) electrons. The van der Waals surface area contributed by atoms with Gasteiger partial charge in [-0.15, -0.1) is 0 Å². The molecular formula is C40H62. The molecule has 0 bridgehead atoms. The molecule has 0 spiro atoms. The van der Waals surface area contributed by atoms with Gasteiger partial charge in [-0.25, -0.2) is 0 Å². The van der Waals surface area contributed by atoms with Gasteiger partial charge >= 0.3 is 0 Å². The van der Waals surface area contributed by atoms with Crippen molar-refractivity contribution >= 4 is 0 Å². The van der Waals surface area contributed by atoms with Gasteiger partial charge in [0.1, 0.15) is 0 Å². The molecule has 40 heavy (non-hydrogen) atoms. The van der Waals surface area contributed by atoms with Gasteiger partial charge in [0, 0.05) is 0 Å². The van der Waals surface area contributed by atoms with Crippen molar-refractivity contribution in [2.75, 3.05) is 0 Å². The molecule has 0 saturated heterocycles. The molecule has 0 amide bonds. The van der Waals surface area contributed by atoms with Crippen LogP contribution in [0.1, 0.15) is 121 Å². The first kappa shape index (κ1) is 34.1. The minimum atomic E-state index is 0.321. The van der Waals surface area contributed by atoms with E-state index in [1.54, 1.807) is 22.3 Å². The molecule has 0 aromatic carbocycles. The van der Waals surface area contributed by atoms with Crippen LogP contribution in [-0.4, -0.2) is 0 Å². The van der Waals surface area contributed by atoms with Crippen LogP contribution in [0, 0.1) is 34.5 Å². The first-order valence-electron chi connectivity index (χ1n) is 16.3. The highest BCUT2D eigenvalue weighted by Crippen LogP contribution is 2.41. The zero-order valence-electron chi connectivity index (χ0n) is 27.9. The van der Waals surface area contributed by atoms with Gasteiger partial charge in [0.25, 0.3) is 0 Å². The van der Waals surface area contributed by atoms with Crippen molar-refractivity contribution in [2.45, 2.75) is 121 Å². The number of allylic oxidation sites excluding steroid dienone is 16. The summed E-state index contributed by atoms with van der Waals surface area (Å²) in [6.45, 7) is 23.4. The third kappa shape index (κ3) is 11.8. The fraction of sp³-hybridized carbons (Fsp3) is 0.600. The Morgan fingerprint density at radius 1 is 0.575 bits per heavy atom. The van der Waals surface area contributed by atoms with Gasteiger partial charge in [-0.3, -0.25) is 0 Å². The van der Waals surface area contributed by atoms with Crippen LogP contribution in [0.15, 0.2) is 95.2 Å². The predicted molar refractivity (Wildman–Crippen MR) is 181 cm³/mol. The summed E-state index contributed by atoms with van der Waals surface area (Å²) in [5.74, 6) is 2.04. The largest absolute Gasteiger partial charge is 0.0874 e. The Morgan fingerprint density at radius 3 is 1.50 bits per heavy atom. The Labute approximate surface area is 249 Å². The monoisotopic (exact) mass is 542 g/mol. The minimum Gasteiger partial charge on any atom is -0.0874 e. The first-order chi connectivity index (χ1) is 18.8. The minimum absolute atomic E-state index is 0.321. The molecule has 0 heterocycles. The van der Waals surface area contributed by atoms with Crippen LogP contribution < -0.4 is 0 Å². The molecule has 0 heteroatoms. The smallest absolute Gasteiger partial charge is 0.00787 e. The van der Waals surface area contributed by atoms with E-state index in [1.165, 1.54) is 38.5 Å². The van der Waals surface area contributed by atoms with E-state index in [2.05, 4.69) is 142 Å². The summed E-state index contributed by atoms with van der Waals surface area (Å²) in [6, 6.07) is 0. The summed E-state index contributed by atoms with van der Waals surface area (Å²) in [4.78, 5) is 0. The van der Waals surface area contributed by atoms with Crippen LogP contribution in [0.5, 0.6) is 0 Å². The molecule has 0 aliphatic heterocycles. The Morgan fingerprint density at radius 2 is 1.00 bits per heavy atom. The van der Waals surface area contributed by atoms with E-state index >= 15 is 0 Å². The molecule has 222 valence electrons. The van der Waals surface area contributed by atoms with E-state index in [9.17, 15) is 0 Å². The molecular weight excluding hydrogens is 480 g/mol. The standard InChI is InChI=1S/C40H62/c1-31(19-13-21-33(3)25-27-37-35(5)23-15-29-39(37,7)8)17-11-12-18-32(2)20-14-22-34(4)26-28-38-36(6)24-16-30-40(38,9)10/h11-14,17-19,22,25-28,31-34H,15-16,20-21,23-24,29-30H2,1-10H3/b17-11+,18-12+,19-13+,22-14+,27-25+,28-26+. The van der Waals surface area contributed by atoms with Crippen LogP contribution >= 0.6 is 0 Å². The lowest BCUT2D eigenvalue weighted by Gasteiger charge is -2.33. The molecule has 0 aromatic heterocycles. The average Bonchev–Trinajstić information content (AvgIpc) is 2.85. The normalized spacial score (nSPS) is 23.6. The molecule has 0 fully saturated rings. The summed E-state index contributed by atoms with van der Waals surface area (Å²) in [7, 11) is 0. The van der Waals surface area contributed by atoms with Gasteiger partial charge in [-0.05, 0) is 111 Å². The van der Waals surface area contributed by atoms with Gasteiger partial charge in [-0.1, -0.05) is 139 Å². The Bertz CT molecular complexity index is 1030. The summed E-state index contributed by atoms with van der Waals surface area (Å²) in [6.07, 6.45) is 38.1. The Kier molecular flexibility index (Phi) is 14.0. The summed E-state index contributed by atoms with van der Waals surface area (Å²) in [5, 5.41) is 0. The average molecular weight is 543 g/mol. The van der Waals surface area contributed by atoms with E-state index in [-0.39, 0.29) is 0 Å². The fourth-order valence-electron chi connectivity index (χ4n) is 6.32. The quantitative estimate of drug-likeness (QED) is 0.160. The van der Waals surface area contributed by atoms with E-state index in [0.29, 0.717) is 34.5 Å². The van der Waals surface area contributed by atoms with Crippen molar-refractivity contribution in [3.8, 4) is 0 Å². The van der Waals surface area contributed by atoms with Gasteiger partial charge in [-0.2, -0.15) is 0 Å². The van der Waals surface area contributed by atoms with Crippen molar-refractivity contribution in [2.24, 2.45) is 34.5 Å². The molecule has 2 aliphatic carbocycles. The van der Waals surface area contributed by atoms with E-state index < -0.39 is 0 Å². The van der Waals surface area contributed by atoms with E-state index in [1.807, 2.05) is 0 Å². The molecule has 4 atom stereocenters. The molecule has 0 N–H and O–H groups in total. The second kappa shape index (κ2) is 16.4. The number of rotatable bonds is 13. The van der Waals surface area contributed by atoms with Crippen LogP contribution in [-0.2, 0) is 0 Å². The summed E-state index contributed by atoms with van der Waals surface area (Å²) < 4.78 is 0. The van der Waals surface area contributed by atoms with Gasteiger partial charge < -0.3 is 0 Å². The molecule has 4 unspecified atom stereocenters. The topological polar surface area (TPSA) is 0 Å². The molecule has 2 aliphatic rings. The summed E-state index contributed by atoms with van der Waals surface area (Å²) >= 11 is 0. The highest BCUT2D eigenvalue weighted by Gasteiger charge is 2.27. The maximum absolute atomic E-state index is 2.42. The predicted octanol–water partition coefficient (Wildman–Crippen LogP) is 12.7. The van der Waals surface area contributed by atoms with Crippen molar-refractivity contribution in [1.29, 1.82) is 0 Å². The van der Waals surface area contributed by atoms with E-state index in [0.717, 1.165) is 12.8 Å². The van der Waals surface area contributed by atoms with Crippen molar-refractivity contribution in [1.82, 2.24) is 0 Å². The van der Waals surface area contributed by atoms with Crippen LogP contribution in [0.3, 0.4) is 0 Å². The lowest BCUT2D eigenvalue weighted by molar-refractivity contribution is 0.376. The molecule has 0 aromatic rings. The highest BCUT2D eigenvalue weighted by atomic mass is 14.3. The zero-order valence-corrected chi connectivity index (χ0v) is 27.9. The fourth-order valence-corrected chi connectivity index (χ4v) is 6.32. The van der Waals surface area contributed by atoms with Crippen LogP contribution in [0.4, 0.5) is 0 Å². The van der Waals surface area contributed by atoms with Crippen molar-refractivity contribution in [3.63, 3.8) is 0 Å². The second-order valence-electron chi connectivity index (χ2n) is 14.4. The maximum atomic E-state index is 2.42. The SMILES string of the molecule is CC1=C(/C=C/C(C)/C=C/CC(C)/C=C/C=C/C(C)/C=C/CC(C)/C=C/C2=C(C)CCCC2(C)C)C(C)(C)CCC1. The highest BCUT2D eigenvalue weighted by molar-refractivity contribution is 5.34. The number of hydrogen-bond donors (Lipinski definition) is 0. The maximum Gasteiger partial charge on any atom is -0.00787 e. The number of hydrogen-bond acceptors (Lipinski definition) is 0.